The number of halogens is 4. The number of H-pyrrole nitrogens is 1. The minimum atomic E-state index is -1.16. The van der Waals surface area contributed by atoms with Gasteiger partial charge in [-0.3, -0.25) is 9.78 Å². The van der Waals surface area contributed by atoms with Crippen LogP contribution in [0.2, 0.25) is 10.0 Å². The first-order chi connectivity index (χ1) is 17.8. The fourth-order valence-electron chi connectivity index (χ4n) is 4.16. The molecule has 0 atom stereocenters. The zero-order valence-corrected chi connectivity index (χ0v) is 19.9. The lowest BCUT2D eigenvalue weighted by atomic mass is 10.1. The SMILES string of the molecule is O=c1[nH]c(-c2ccc(Cl)c(Cl)c2)c(-n2nnc3cc(F)c(F)cc32)c(=O)n1-c1cncc2ccccc12. The summed E-state index contributed by atoms with van der Waals surface area (Å²) in [6, 6.07) is 13.3. The van der Waals surface area contributed by atoms with Gasteiger partial charge in [-0.15, -0.1) is 5.10 Å². The van der Waals surface area contributed by atoms with Crippen LogP contribution in [-0.2, 0) is 0 Å². The van der Waals surface area contributed by atoms with Crippen LogP contribution in [0.15, 0.2) is 76.6 Å². The molecule has 0 saturated heterocycles. The molecule has 0 aliphatic rings. The van der Waals surface area contributed by atoms with Crippen molar-refractivity contribution >= 4 is 45.0 Å². The smallest absolute Gasteiger partial charge is 0.304 e. The summed E-state index contributed by atoms with van der Waals surface area (Å²) in [6.07, 6.45) is 2.99. The Labute approximate surface area is 215 Å². The summed E-state index contributed by atoms with van der Waals surface area (Å²) < 4.78 is 30.0. The van der Waals surface area contributed by atoms with Gasteiger partial charge in [0.15, 0.2) is 17.3 Å². The van der Waals surface area contributed by atoms with Gasteiger partial charge < -0.3 is 4.98 Å². The Hall–Kier alpha value is -4.41. The van der Waals surface area contributed by atoms with E-state index in [1.807, 2.05) is 0 Å². The third-order valence-electron chi connectivity index (χ3n) is 5.87. The van der Waals surface area contributed by atoms with Crippen LogP contribution in [0.25, 0.3) is 44.4 Å². The van der Waals surface area contributed by atoms with Gasteiger partial charge >= 0.3 is 5.69 Å². The lowest BCUT2D eigenvalue weighted by molar-refractivity contribution is 0.510. The summed E-state index contributed by atoms with van der Waals surface area (Å²) in [5.74, 6) is -2.28. The van der Waals surface area contributed by atoms with E-state index < -0.39 is 22.9 Å². The zero-order chi connectivity index (χ0) is 25.8. The number of nitrogens with one attached hydrogen (secondary N) is 1. The van der Waals surface area contributed by atoms with Gasteiger partial charge in [0, 0.05) is 34.7 Å². The average molecular weight is 537 g/mol. The molecule has 0 spiro atoms. The summed E-state index contributed by atoms with van der Waals surface area (Å²) in [6.45, 7) is 0. The number of benzene rings is 3. The Morgan fingerprint density at radius 2 is 1.68 bits per heavy atom. The monoisotopic (exact) mass is 536 g/mol. The van der Waals surface area contributed by atoms with Gasteiger partial charge in [0.2, 0.25) is 0 Å². The fraction of sp³-hybridized carbons (Fsp3) is 0. The van der Waals surface area contributed by atoms with Gasteiger partial charge in [-0.25, -0.2) is 22.8 Å². The molecule has 6 rings (SSSR count). The minimum Gasteiger partial charge on any atom is -0.304 e. The number of hydrogen-bond acceptors (Lipinski definition) is 5. The Morgan fingerprint density at radius 1 is 0.892 bits per heavy atom. The zero-order valence-electron chi connectivity index (χ0n) is 18.4. The molecule has 0 unspecified atom stereocenters. The van der Waals surface area contributed by atoms with Crippen molar-refractivity contribution in [1.29, 1.82) is 0 Å². The van der Waals surface area contributed by atoms with Crippen molar-refractivity contribution in [3.8, 4) is 22.6 Å². The summed E-state index contributed by atoms with van der Waals surface area (Å²) in [4.78, 5) is 34.3. The van der Waals surface area contributed by atoms with Gasteiger partial charge in [0.25, 0.3) is 5.56 Å². The molecule has 0 aliphatic heterocycles. The summed E-state index contributed by atoms with van der Waals surface area (Å²) in [7, 11) is 0. The molecule has 0 radical (unpaired) electrons. The topological polar surface area (TPSA) is 98.5 Å². The van der Waals surface area contributed by atoms with E-state index in [-0.39, 0.29) is 38.1 Å². The molecule has 3 aromatic heterocycles. The van der Waals surface area contributed by atoms with Gasteiger partial charge in [0.1, 0.15) is 5.52 Å². The highest BCUT2D eigenvalue weighted by Gasteiger charge is 2.23. The van der Waals surface area contributed by atoms with Crippen LogP contribution in [0, 0.1) is 11.6 Å². The Balaban J connectivity index is 1.75. The molecule has 8 nitrogen and oxygen atoms in total. The molecule has 0 amide bonds. The van der Waals surface area contributed by atoms with Crippen molar-refractivity contribution in [1.82, 2.24) is 29.5 Å². The van der Waals surface area contributed by atoms with Crippen LogP contribution in [0.3, 0.4) is 0 Å². The number of rotatable bonds is 3. The molecule has 0 aliphatic carbocycles. The van der Waals surface area contributed by atoms with Crippen molar-refractivity contribution in [2.24, 2.45) is 0 Å². The first-order valence-corrected chi connectivity index (χ1v) is 11.5. The van der Waals surface area contributed by atoms with E-state index in [9.17, 15) is 18.4 Å². The first kappa shape index (κ1) is 23.0. The first-order valence-electron chi connectivity index (χ1n) is 10.7. The van der Waals surface area contributed by atoms with Crippen molar-refractivity contribution in [3.05, 3.63) is 110 Å². The van der Waals surface area contributed by atoms with E-state index in [2.05, 4.69) is 20.3 Å². The molecule has 3 heterocycles. The molecule has 0 fully saturated rings. The molecule has 37 heavy (non-hydrogen) atoms. The van der Waals surface area contributed by atoms with Crippen LogP contribution in [-0.4, -0.2) is 29.5 Å². The van der Waals surface area contributed by atoms with Gasteiger partial charge in [-0.1, -0.05) is 58.7 Å². The Morgan fingerprint density at radius 3 is 2.49 bits per heavy atom. The van der Waals surface area contributed by atoms with Crippen LogP contribution in [0.5, 0.6) is 0 Å². The summed E-state index contributed by atoms with van der Waals surface area (Å²) >= 11 is 12.3. The highest BCUT2D eigenvalue weighted by Crippen LogP contribution is 2.30. The Kier molecular flexibility index (Phi) is 5.36. The number of fused-ring (bicyclic) bond motifs is 2. The lowest BCUT2D eigenvalue weighted by Crippen LogP contribution is -2.37. The van der Waals surface area contributed by atoms with Crippen molar-refractivity contribution in [2.75, 3.05) is 0 Å². The van der Waals surface area contributed by atoms with E-state index >= 15 is 0 Å². The van der Waals surface area contributed by atoms with Gasteiger partial charge in [-0.05, 0) is 12.1 Å². The summed E-state index contributed by atoms with van der Waals surface area (Å²) in [5, 5.41) is 9.59. The van der Waals surface area contributed by atoms with Crippen LogP contribution in [0.4, 0.5) is 8.78 Å². The second-order valence-corrected chi connectivity index (χ2v) is 8.87. The number of pyridine rings is 1. The van der Waals surface area contributed by atoms with Crippen molar-refractivity contribution < 1.29 is 8.78 Å². The van der Waals surface area contributed by atoms with Crippen LogP contribution >= 0.6 is 23.2 Å². The second-order valence-electron chi connectivity index (χ2n) is 8.06. The van der Waals surface area contributed by atoms with E-state index in [1.165, 1.54) is 18.3 Å². The standard InChI is InChI=1S/C25H12Cl2F2N6O2/c26-15-6-5-12(7-16(15)27)22-23(35-20-9-18(29)17(28)8-19(20)32-33-35)24(36)34(25(37)31-22)21-11-30-10-13-3-1-2-4-14(13)21/h1-11H,(H,31,37). The lowest BCUT2D eigenvalue weighted by Gasteiger charge is -2.14. The Bertz CT molecular complexity index is 2000. The van der Waals surface area contributed by atoms with E-state index in [1.54, 1.807) is 36.5 Å². The largest absolute Gasteiger partial charge is 0.333 e. The van der Waals surface area contributed by atoms with E-state index in [0.29, 0.717) is 16.3 Å². The number of aromatic nitrogens is 6. The number of nitrogens with zero attached hydrogens (tertiary/aromatic N) is 5. The maximum absolute atomic E-state index is 14.2. The highest BCUT2D eigenvalue weighted by molar-refractivity contribution is 6.42. The number of hydrogen-bond donors (Lipinski definition) is 1. The van der Waals surface area contributed by atoms with Crippen LogP contribution in [0.1, 0.15) is 0 Å². The van der Waals surface area contributed by atoms with Crippen molar-refractivity contribution in [3.63, 3.8) is 0 Å². The maximum Gasteiger partial charge on any atom is 0.333 e. The maximum atomic E-state index is 14.2. The summed E-state index contributed by atoms with van der Waals surface area (Å²) in [5.41, 5.74) is -1.18. The minimum absolute atomic E-state index is 0.00275. The predicted octanol–water partition coefficient (Wildman–Crippen LogP) is 5.06. The molecule has 0 saturated carbocycles. The average Bonchev–Trinajstić information content (AvgIpc) is 3.27. The number of aromatic amines is 1. The van der Waals surface area contributed by atoms with Crippen molar-refractivity contribution in [2.45, 2.75) is 0 Å². The molecule has 182 valence electrons. The molecule has 1 N–H and O–H groups in total. The second kappa shape index (κ2) is 8.61. The predicted molar refractivity (Wildman–Crippen MR) is 136 cm³/mol. The molecule has 3 aromatic carbocycles. The molecule has 12 heteroatoms. The third-order valence-corrected chi connectivity index (χ3v) is 6.61. The molecular weight excluding hydrogens is 525 g/mol. The molecular formula is C25H12Cl2F2N6O2. The van der Waals surface area contributed by atoms with Gasteiger partial charge in [-0.2, -0.15) is 0 Å². The molecule has 6 aromatic rings. The highest BCUT2D eigenvalue weighted by atomic mass is 35.5. The molecule has 0 bridgehead atoms. The van der Waals surface area contributed by atoms with Crippen LogP contribution < -0.4 is 11.2 Å². The van der Waals surface area contributed by atoms with Gasteiger partial charge in [0.05, 0.1) is 33.1 Å². The van der Waals surface area contributed by atoms with E-state index in [4.69, 9.17) is 23.2 Å². The van der Waals surface area contributed by atoms with E-state index in [0.717, 1.165) is 21.4 Å². The third kappa shape index (κ3) is 3.69. The quantitative estimate of drug-likeness (QED) is 0.341. The fourth-order valence-corrected chi connectivity index (χ4v) is 4.46. The normalized spacial score (nSPS) is 11.5.